The van der Waals surface area contributed by atoms with Crippen molar-refractivity contribution in [1.29, 1.82) is 0 Å². The molecule has 0 aliphatic carbocycles. The molecule has 2 N–H and O–H groups in total. The Morgan fingerprint density at radius 1 is 1.28 bits per heavy atom. The predicted molar refractivity (Wildman–Crippen MR) is 86.5 cm³/mol. The zero-order valence-electron chi connectivity index (χ0n) is 12.9. The molecule has 0 spiro atoms. The fourth-order valence-electron chi connectivity index (χ4n) is 2.09. The number of aliphatic hydroxyl groups excluding tert-OH is 1. The van der Waals surface area contributed by atoms with Crippen LogP contribution in [0.3, 0.4) is 0 Å². The van der Waals surface area contributed by atoms with Gasteiger partial charge in [-0.1, -0.05) is 18.2 Å². The molecule has 2 rings (SSSR count). The fraction of sp³-hybridized carbons (Fsp3) is 0.118. The average molecular weight is 348 g/mol. The fourth-order valence-corrected chi connectivity index (χ4v) is 2.09. The van der Waals surface area contributed by atoms with Crippen molar-refractivity contribution in [1.82, 2.24) is 5.32 Å². The lowest BCUT2D eigenvalue weighted by Gasteiger charge is -2.12. The van der Waals surface area contributed by atoms with Gasteiger partial charge in [0, 0.05) is 18.2 Å². The second kappa shape index (κ2) is 8.11. The maximum Gasteiger partial charge on any atom is 0.279 e. The number of hydrogen-bond acceptors (Lipinski definition) is 4. The second-order valence-electron chi connectivity index (χ2n) is 5.08. The molecule has 0 saturated heterocycles. The van der Waals surface area contributed by atoms with Gasteiger partial charge in [-0.2, -0.15) is 0 Å². The van der Waals surface area contributed by atoms with E-state index in [0.717, 1.165) is 24.3 Å². The first-order valence-corrected chi connectivity index (χ1v) is 7.21. The SMILES string of the molecule is O=C(/C=C/c1ccc(F)cc1[N+](=O)[O-])NCC(O)c1ccccc1F. The van der Waals surface area contributed by atoms with Crippen molar-refractivity contribution in [2.75, 3.05) is 6.54 Å². The Bertz CT molecular complexity index is 824. The highest BCUT2D eigenvalue weighted by atomic mass is 19.1. The summed E-state index contributed by atoms with van der Waals surface area (Å²) in [6.45, 7) is -0.240. The molecule has 1 atom stereocenters. The van der Waals surface area contributed by atoms with E-state index in [0.29, 0.717) is 0 Å². The first-order chi connectivity index (χ1) is 11.9. The molecule has 1 unspecified atom stereocenters. The van der Waals surface area contributed by atoms with Crippen LogP contribution in [0.4, 0.5) is 14.5 Å². The Labute approximate surface area is 141 Å². The van der Waals surface area contributed by atoms with E-state index < -0.39 is 34.3 Å². The van der Waals surface area contributed by atoms with Crippen LogP contribution in [-0.4, -0.2) is 22.5 Å². The number of hydrogen-bond donors (Lipinski definition) is 2. The molecule has 130 valence electrons. The maximum absolute atomic E-state index is 13.5. The Balaban J connectivity index is 2.00. The van der Waals surface area contributed by atoms with Gasteiger partial charge in [-0.25, -0.2) is 8.78 Å². The molecule has 0 fully saturated rings. The number of carbonyl (C=O) groups is 1. The van der Waals surface area contributed by atoms with Crippen LogP contribution < -0.4 is 5.32 Å². The molecular weight excluding hydrogens is 334 g/mol. The van der Waals surface area contributed by atoms with Gasteiger partial charge >= 0.3 is 0 Å². The monoisotopic (exact) mass is 348 g/mol. The first kappa shape index (κ1) is 18.2. The average Bonchev–Trinajstić information content (AvgIpc) is 2.58. The van der Waals surface area contributed by atoms with Crippen LogP contribution in [0.1, 0.15) is 17.2 Å². The minimum atomic E-state index is -1.24. The zero-order valence-corrected chi connectivity index (χ0v) is 12.9. The lowest BCUT2D eigenvalue weighted by Crippen LogP contribution is -2.27. The predicted octanol–water partition coefficient (Wildman–Crippen LogP) is 2.74. The number of aliphatic hydroxyl groups is 1. The van der Waals surface area contributed by atoms with Crippen LogP contribution in [0.15, 0.2) is 48.5 Å². The highest BCUT2D eigenvalue weighted by Crippen LogP contribution is 2.21. The van der Waals surface area contributed by atoms with Gasteiger partial charge in [-0.3, -0.25) is 14.9 Å². The number of nitrogens with one attached hydrogen (secondary N) is 1. The van der Waals surface area contributed by atoms with E-state index in [1.807, 2.05) is 0 Å². The number of nitrogens with zero attached hydrogens (tertiary/aromatic N) is 1. The summed E-state index contributed by atoms with van der Waals surface area (Å²) in [4.78, 5) is 21.8. The normalized spacial score (nSPS) is 12.1. The lowest BCUT2D eigenvalue weighted by molar-refractivity contribution is -0.385. The van der Waals surface area contributed by atoms with Crippen LogP contribution in [-0.2, 0) is 4.79 Å². The summed E-state index contributed by atoms with van der Waals surface area (Å²) in [5.74, 6) is -2.00. The van der Waals surface area contributed by atoms with Gasteiger partial charge in [0.15, 0.2) is 0 Å². The molecule has 0 aliphatic heterocycles. The number of carbonyl (C=O) groups excluding carboxylic acids is 1. The van der Waals surface area contributed by atoms with E-state index >= 15 is 0 Å². The van der Waals surface area contributed by atoms with Crippen LogP contribution >= 0.6 is 0 Å². The van der Waals surface area contributed by atoms with E-state index in [2.05, 4.69) is 5.32 Å². The lowest BCUT2D eigenvalue weighted by atomic mass is 10.1. The van der Waals surface area contributed by atoms with E-state index in [1.54, 1.807) is 6.07 Å². The largest absolute Gasteiger partial charge is 0.386 e. The Morgan fingerprint density at radius 3 is 2.68 bits per heavy atom. The first-order valence-electron chi connectivity index (χ1n) is 7.21. The third-order valence-electron chi connectivity index (χ3n) is 3.34. The number of nitro benzene ring substituents is 1. The van der Waals surface area contributed by atoms with Crippen molar-refractivity contribution >= 4 is 17.7 Å². The molecular formula is C17H14F2N2O4. The smallest absolute Gasteiger partial charge is 0.279 e. The Kier molecular flexibility index (Phi) is 5.91. The van der Waals surface area contributed by atoms with E-state index in [4.69, 9.17) is 0 Å². The molecule has 8 heteroatoms. The van der Waals surface area contributed by atoms with Crippen molar-refractivity contribution in [3.05, 3.63) is 81.4 Å². The molecule has 25 heavy (non-hydrogen) atoms. The van der Waals surface area contributed by atoms with Crippen molar-refractivity contribution in [3.8, 4) is 0 Å². The molecule has 0 aliphatic rings. The zero-order chi connectivity index (χ0) is 18.4. The third-order valence-corrected chi connectivity index (χ3v) is 3.34. The van der Waals surface area contributed by atoms with Gasteiger partial charge in [-0.15, -0.1) is 0 Å². The Morgan fingerprint density at radius 2 is 2.00 bits per heavy atom. The molecule has 2 aromatic rings. The maximum atomic E-state index is 13.5. The number of halogens is 2. The van der Waals surface area contributed by atoms with Crippen molar-refractivity contribution in [3.63, 3.8) is 0 Å². The number of amides is 1. The topological polar surface area (TPSA) is 92.5 Å². The van der Waals surface area contributed by atoms with E-state index in [-0.39, 0.29) is 17.7 Å². The molecule has 0 bridgehead atoms. The molecule has 0 heterocycles. The van der Waals surface area contributed by atoms with Gasteiger partial charge in [0.2, 0.25) is 5.91 Å². The van der Waals surface area contributed by atoms with Gasteiger partial charge in [-0.05, 0) is 24.3 Å². The van der Waals surface area contributed by atoms with Crippen LogP contribution in [0.25, 0.3) is 6.08 Å². The summed E-state index contributed by atoms with van der Waals surface area (Å²) in [6, 6.07) is 8.56. The summed E-state index contributed by atoms with van der Waals surface area (Å²) in [5, 5.41) is 23.1. The molecule has 0 aromatic heterocycles. The highest BCUT2D eigenvalue weighted by Gasteiger charge is 2.14. The summed E-state index contributed by atoms with van der Waals surface area (Å²) >= 11 is 0. The van der Waals surface area contributed by atoms with Crippen molar-refractivity contribution in [2.45, 2.75) is 6.10 Å². The standard InChI is InChI=1S/C17H14F2N2O4/c18-12-7-5-11(15(9-12)21(24)25)6-8-17(23)20-10-16(22)13-3-1-2-4-14(13)19/h1-9,16,22H,10H2,(H,20,23)/b8-6+. The third kappa shape index (κ3) is 4.92. The van der Waals surface area contributed by atoms with Gasteiger partial charge in [0.25, 0.3) is 5.69 Å². The minimum absolute atomic E-state index is 0.0425. The van der Waals surface area contributed by atoms with Crippen molar-refractivity contribution in [2.24, 2.45) is 0 Å². The second-order valence-corrected chi connectivity index (χ2v) is 5.08. The summed E-state index contributed by atoms with van der Waals surface area (Å²) < 4.78 is 26.5. The van der Waals surface area contributed by atoms with Crippen LogP contribution in [0.5, 0.6) is 0 Å². The highest BCUT2D eigenvalue weighted by molar-refractivity contribution is 5.92. The molecule has 6 nitrogen and oxygen atoms in total. The number of nitro groups is 1. The Hall–Kier alpha value is -3.13. The van der Waals surface area contributed by atoms with Gasteiger partial charge < -0.3 is 10.4 Å². The molecule has 0 saturated carbocycles. The summed E-state index contributed by atoms with van der Waals surface area (Å²) in [6.07, 6.45) is 0.926. The molecule has 2 aromatic carbocycles. The van der Waals surface area contributed by atoms with Gasteiger partial charge in [0.05, 0.1) is 22.7 Å². The summed E-state index contributed by atoms with van der Waals surface area (Å²) in [7, 11) is 0. The van der Waals surface area contributed by atoms with E-state index in [9.17, 15) is 28.8 Å². The number of benzene rings is 2. The van der Waals surface area contributed by atoms with Gasteiger partial charge in [0.1, 0.15) is 11.6 Å². The quantitative estimate of drug-likeness (QED) is 0.477. The minimum Gasteiger partial charge on any atom is -0.386 e. The van der Waals surface area contributed by atoms with E-state index in [1.165, 1.54) is 24.3 Å². The number of rotatable bonds is 6. The summed E-state index contributed by atoms with van der Waals surface area (Å²) in [5.41, 5.74) is -0.382. The molecule has 1 amide bonds. The molecule has 0 radical (unpaired) electrons. The van der Waals surface area contributed by atoms with Crippen LogP contribution in [0.2, 0.25) is 0 Å². The van der Waals surface area contributed by atoms with Crippen molar-refractivity contribution < 1.29 is 23.6 Å². The van der Waals surface area contributed by atoms with Crippen LogP contribution in [0, 0.1) is 21.7 Å².